The summed E-state index contributed by atoms with van der Waals surface area (Å²) >= 11 is 1.42. The molecule has 2 fully saturated rings. The van der Waals surface area contributed by atoms with Gasteiger partial charge in [0.1, 0.15) is 5.69 Å². The monoisotopic (exact) mass is 466 g/mol. The second-order valence-corrected chi connectivity index (χ2v) is 9.06. The predicted octanol–water partition coefficient (Wildman–Crippen LogP) is 4.31. The van der Waals surface area contributed by atoms with Crippen molar-refractivity contribution in [3.63, 3.8) is 0 Å². The van der Waals surface area contributed by atoms with Gasteiger partial charge in [0, 0.05) is 37.5 Å². The van der Waals surface area contributed by atoms with Crippen molar-refractivity contribution in [2.45, 2.75) is 44.2 Å². The van der Waals surface area contributed by atoms with E-state index in [1.165, 1.54) is 40.9 Å². The lowest BCUT2D eigenvalue weighted by Crippen LogP contribution is -2.45. The lowest BCUT2D eigenvalue weighted by atomic mass is 9.96. The number of likely N-dealkylation sites (tertiary alicyclic amines) is 1. The smallest absolute Gasteiger partial charge is 0.339 e. The number of carbonyl (C=O) groups is 2. The second-order valence-electron chi connectivity index (χ2n) is 8.17. The van der Waals surface area contributed by atoms with Crippen molar-refractivity contribution in [1.82, 2.24) is 20.3 Å². The third-order valence-corrected chi connectivity index (χ3v) is 6.97. The largest absolute Gasteiger partial charge is 0.417 e. The minimum absolute atomic E-state index is 0.0819. The summed E-state index contributed by atoms with van der Waals surface area (Å²) in [5.41, 5.74) is 2.06. The first kappa shape index (κ1) is 22.7. The molecule has 0 saturated carbocycles. The zero-order chi connectivity index (χ0) is 22.7. The van der Waals surface area contributed by atoms with E-state index in [0.717, 1.165) is 37.0 Å². The molecule has 2 saturated heterocycles. The summed E-state index contributed by atoms with van der Waals surface area (Å²) < 4.78 is 39.8. The van der Waals surface area contributed by atoms with E-state index in [0.29, 0.717) is 31.6 Å². The predicted molar refractivity (Wildman–Crippen MR) is 114 cm³/mol. The van der Waals surface area contributed by atoms with Gasteiger partial charge < -0.3 is 4.90 Å². The van der Waals surface area contributed by atoms with E-state index in [4.69, 9.17) is 0 Å². The molecule has 0 unspecified atom stereocenters. The molecule has 3 heterocycles. The molecule has 1 aromatic heterocycles. The third-order valence-electron chi connectivity index (χ3n) is 5.96. The fraction of sp³-hybridized carbons (Fsp3) is 0.500. The van der Waals surface area contributed by atoms with Crippen LogP contribution in [0.3, 0.4) is 0 Å². The maximum absolute atomic E-state index is 13.3. The van der Waals surface area contributed by atoms with Crippen LogP contribution in [0.15, 0.2) is 29.6 Å². The number of hydrazine groups is 1. The minimum atomic E-state index is -4.57. The minimum Gasteiger partial charge on any atom is -0.339 e. The van der Waals surface area contributed by atoms with Crippen LogP contribution >= 0.6 is 11.3 Å². The average Bonchev–Trinajstić information content (AvgIpc) is 3.29. The summed E-state index contributed by atoms with van der Waals surface area (Å²) in [4.78, 5) is 31.2. The molecule has 10 heteroatoms. The van der Waals surface area contributed by atoms with E-state index in [9.17, 15) is 22.8 Å². The van der Waals surface area contributed by atoms with Crippen molar-refractivity contribution in [1.29, 1.82) is 0 Å². The molecule has 32 heavy (non-hydrogen) atoms. The number of hydrogen-bond donors (Lipinski definition) is 1. The Hall–Kier alpha value is -2.46. The van der Waals surface area contributed by atoms with Crippen LogP contribution in [0.25, 0.3) is 0 Å². The molecule has 1 N–H and O–H groups in total. The second kappa shape index (κ2) is 9.58. The number of aromatic nitrogens is 1. The summed E-state index contributed by atoms with van der Waals surface area (Å²) in [6, 6.07) is 4.89. The van der Waals surface area contributed by atoms with Crippen molar-refractivity contribution < 1.29 is 22.8 Å². The average molecular weight is 467 g/mol. The summed E-state index contributed by atoms with van der Waals surface area (Å²) in [5, 5.41) is 4.50. The first-order valence-corrected chi connectivity index (χ1v) is 11.7. The SMILES string of the molecule is O=C(NN1CCCCC1)c1csc(C2CCN(C(=O)c3ccccc3C(F)(F)F)CC2)n1. The zero-order valence-corrected chi connectivity index (χ0v) is 18.3. The number of rotatable bonds is 4. The highest BCUT2D eigenvalue weighted by atomic mass is 32.1. The molecular weight excluding hydrogens is 441 g/mol. The van der Waals surface area contributed by atoms with Crippen LogP contribution < -0.4 is 5.43 Å². The van der Waals surface area contributed by atoms with Crippen molar-refractivity contribution in [2.75, 3.05) is 26.2 Å². The summed E-state index contributed by atoms with van der Waals surface area (Å²) in [5.74, 6) is -0.735. The number of amides is 2. The number of carbonyl (C=O) groups excluding carboxylic acids is 2. The zero-order valence-electron chi connectivity index (χ0n) is 17.5. The van der Waals surface area contributed by atoms with Crippen LogP contribution in [0.1, 0.15) is 69.4 Å². The van der Waals surface area contributed by atoms with Gasteiger partial charge in [0.25, 0.3) is 11.8 Å². The van der Waals surface area contributed by atoms with Gasteiger partial charge in [-0.2, -0.15) is 13.2 Å². The Bertz CT molecular complexity index is 964. The van der Waals surface area contributed by atoms with Gasteiger partial charge in [-0.3, -0.25) is 15.0 Å². The van der Waals surface area contributed by atoms with Gasteiger partial charge in [0.05, 0.1) is 16.1 Å². The topological polar surface area (TPSA) is 65.5 Å². The molecule has 2 aliphatic rings. The molecule has 0 spiro atoms. The Labute approximate surface area is 188 Å². The molecule has 0 atom stereocenters. The maximum atomic E-state index is 13.3. The molecule has 2 aliphatic heterocycles. The van der Waals surface area contributed by atoms with E-state index in [-0.39, 0.29) is 17.4 Å². The first-order valence-electron chi connectivity index (χ1n) is 10.8. The highest BCUT2D eigenvalue weighted by molar-refractivity contribution is 7.09. The number of benzene rings is 1. The van der Waals surface area contributed by atoms with Gasteiger partial charge in [-0.15, -0.1) is 11.3 Å². The summed E-state index contributed by atoms with van der Waals surface area (Å²) in [7, 11) is 0. The van der Waals surface area contributed by atoms with Crippen molar-refractivity contribution >= 4 is 23.2 Å². The summed E-state index contributed by atoms with van der Waals surface area (Å²) in [6.07, 6.45) is -0.0746. The molecule has 1 aromatic carbocycles. The number of nitrogens with one attached hydrogen (secondary N) is 1. The molecule has 4 rings (SSSR count). The van der Waals surface area contributed by atoms with E-state index in [1.54, 1.807) is 5.38 Å². The standard InChI is InChI=1S/C22H25F3N4O2S/c23-22(24,25)17-7-3-2-6-16(17)21(31)28-12-8-15(9-13-28)20-26-18(14-32-20)19(30)27-29-10-4-1-5-11-29/h2-3,6-7,14-15H,1,4-5,8-13H2,(H,27,30). The van der Waals surface area contributed by atoms with Crippen LogP contribution in [0.4, 0.5) is 13.2 Å². The van der Waals surface area contributed by atoms with Crippen molar-refractivity contribution in [3.05, 3.63) is 51.5 Å². The molecule has 6 nitrogen and oxygen atoms in total. The Balaban J connectivity index is 1.35. The first-order chi connectivity index (χ1) is 15.3. The third kappa shape index (κ3) is 5.12. The molecule has 0 bridgehead atoms. The van der Waals surface area contributed by atoms with E-state index in [1.807, 2.05) is 5.01 Å². The fourth-order valence-electron chi connectivity index (χ4n) is 4.20. The van der Waals surface area contributed by atoms with Crippen LogP contribution in [-0.2, 0) is 6.18 Å². The van der Waals surface area contributed by atoms with Gasteiger partial charge in [-0.25, -0.2) is 9.99 Å². The quantitative estimate of drug-likeness (QED) is 0.729. The van der Waals surface area contributed by atoms with Gasteiger partial charge in [0.2, 0.25) is 0 Å². The number of alkyl halides is 3. The normalized spacial score (nSPS) is 18.5. The highest BCUT2D eigenvalue weighted by Crippen LogP contribution is 2.34. The van der Waals surface area contributed by atoms with E-state index < -0.39 is 17.6 Å². The molecule has 0 aliphatic carbocycles. The Morgan fingerprint density at radius 3 is 2.41 bits per heavy atom. The Morgan fingerprint density at radius 1 is 1.03 bits per heavy atom. The number of hydrogen-bond acceptors (Lipinski definition) is 5. The number of thiazole rings is 1. The van der Waals surface area contributed by atoms with Gasteiger partial charge >= 0.3 is 6.18 Å². The number of piperidine rings is 2. The Morgan fingerprint density at radius 2 is 1.72 bits per heavy atom. The lowest BCUT2D eigenvalue weighted by molar-refractivity contribution is -0.138. The van der Waals surface area contributed by atoms with E-state index >= 15 is 0 Å². The van der Waals surface area contributed by atoms with Gasteiger partial charge in [-0.05, 0) is 37.8 Å². The van der Waals surface area contributed by atoms with Crippen molar-refractivity contribution in [2.24, 2.45) is 0 Å². The van der Waals surface area contributed by atoms with Crippen LogP contribution in [0, 0.1) is 0 Å². The Kier molecular flexibility index (Phi) is 6.80. The van der Waals surface area contributed by atoms with Crippen LogP contribution in [0.5, 0.6) is 0 Å². The number of halogens is 3. The van der Waals surface area contributed by atoms with Crippen molar-refractivity contribution in [3.8, 4) is 0 Å². The number of nitrogens with zero attached hydrogens (tertiary/aromatic N) is 3. The molecule has 172 valence electrons. The summed E-state index contributed by atoms with van der Waals surface area (Å²) in [6.45, 7) is 2.38. The van der Waals surface area contributed by atoms with Gasteiger partial charge in [-0.1, -0.05) is 18.6 Å². The van der Waals surface area contributed by atoms with Gasteiger partial charge in [0.15, 0.2) is 0 Å². The lowest BCUT2D eigenvalue weighted by Gasteiger charge is -2.31. The fourth-order valence-corrected chi connectivity index (χ4v) is 5.17. The molecule has 0 radical (unpaired) electrons. The van der Waals surface area contributed by atoms with Crippen LogP contribution in [-0.4, -0.2) is 52.9 Å². The van der Waals surface area contributed by atoms with E-state index in [2.05, 4.69) is 10.4 Å². The molecular formula is C22H25F3N4O2S. The van der Waals surface area contributed by atoms with Crippen LogP contribution in [0.2, 0.25) is 0 Å². The maximum Gasteiger partial charge on any atom is 0.417 e. The molecule has 2 aromatic rings. The highest BCUT2D eigenvalue weighted by Gasteiger charge is 2.36. The molecule has 2 amide bonds.